The average molecular weight is 162 g/mol. The Kier molecular flexibility index (Phi) is 3.15. The molecule has 0 aliphatic rings. The highest BCUT2D eigenvalue weighted by Crippen LogP contribution is 2.11. The summed E-state index contributed by atoms with van der Waals surface area (Å²) in [5.41, 5.74) is 7.79. The Balaban J connectivity index is 2.48. The quantitative estimate of drug-likeness (QED) is 0.679. The summed E-state index contributed by atoms with van der Waals surface area (Å²) in [4.78, 5) is 0. The van der Waals surface area contributed by atoms with Gasteiger partial charge in [0.05, 0.1) is 0 Å². The second-order valence-corrected chi connectivity index (χ2v) is 3.45. The van der Waals surface area contributed by atoms with Crippen molar-refractivity contribution in [2.24, 2.45) is 0 Å². The minimum atomic E-state index is 0.843. The molecule has 0 saturated heterocycles. The summed E-state index contributed by atoms with van der Waals surface area (Å²) in [5.74, 6) is 1.48. The summed E-state index contributed by atoms with van der Waals surface area (Å²) in [7, 11) is 0. The first kappa shape index (κ1) is 9.11. The first-order valence-electron chi connectivity index (χ1n) is 4.32. The van der Waals surface area contributed by atoms with E-state index < -0.39 is 0 Å². The largest absolute Gasteiger partial charge is 0.399 e. The lowest BCUT2D eigenvalue weighted by atomic mass is 10.0. The van der Waals surface area contributed by atoms with E-state index in [4.69, 9.17) is 5.73 Å². The van der Waals surface area contributed by atoms with Crippen molar-refractivity contribution in [2.75, 3.05) is 5.73 Å². The molecule has 0 heterocycles. The van der Waals surface area contributed by atoms with Crippen molar-refractivity contribution >= 4 is 5.69 Å². The molecule has 1 radical (unpaired) electrons. The Hall–Kier alpha value is -0.980. The highest BCUT2D eigenvalue weighted by Gasteiger charge is 1.96. The highest BCUT2D eigenvalue weighted by molar-refractivity contribution is 5.39. The predicted octanol–water partition coefficient (Wildman–Crippen LogP) is 2.82. The number of nitrogens with two attached hydrogens (primary N) is 1. The van der Waals surface area contributed by atoms with Crippen LogP contribution in [0.25, 0.3) is 0 Å². The van der Waals surface area contributed by atoms with Crippen LogP contribution in [0, 0.1) is 5.92 Å². The number of aryl methyl sites for hydroxylation is 1. The van der Waals surface area contributed by atoms with E-state index in [1.807, 2.05) is 12.1 Å². The zero-order valence-electron chi connectivity index (χ0n) is 7.80. The smallest absolute Gasteiger partial charge is 0.0314 e. The van der Waals surface area contributed by atoms with Gasteiger partial charge < -0.3 is 5.73 Å². The molecule has 0 amide bonds. The fourth-order valence-corrected chi connectivity index (χ4v) is 1.08. The normalized spacial score (nSPS) is 10.6. The van der Waals surface area contributed by atoms with Gasteiger partial charge in [0.2, 0.25) is 0 Å². The summed E-state index contributed by atoms with van der Waals surface area (Å²) in [6, 6.07) is 8.11. The molecule has 1 aromatic rings. The molecule has 0 aliphatic heterocycles. The molecule has 0 spiro atoms. The van der Waals surface area contributed by atoms with Gasteiger partial charge in [0.25, 0.3) is 0 Å². The van der Waals surface area contributed by atoms with Gasteiger partial charge >= 0.3 is 0 Å². The van der Waals surface area contributed by atoms with Crippen molar-refractivity contribution in [3.63, 3.8) is 0 Å². The van der Waals surface area contributed by atoms with Crippen LogP contribution in [0.2, 0.25) is 0 Å². The Morgan fingerprint density at radius 2 is 1.75 bits per heavy atom. The van der Waals surface area contributed by atoms with Crippen LogP contribution in [0.15, 0.2) is 24.3 Å². The van der Waals surface area contributed by atoms with Crippen LogP contribution in [0.1, 0.15) is 25.8 Å². The van der Waals surface area contributed by atoms with E-state index in [9.17, 15) is 0 Å². The van der Waals surface area contributed by atoms with E-state index in [-0.39, 0.29) is 0 Å². The monoisotopic (exact) mass is 162 g/mol. The maximum atomic E-state index is 5.58. The lowest BCUT2D eigenvalue weighted by Gasteiger charge is -2.03. The van der Waals surface area contributed by atoms with Crippen LogP contribution >= 0.6 is 0 Å². The minimum Gasteiger partial charge on any atom is -0.399 e. The van der Waals surface area contributed by atoms with Crippen molar-refractivity contribution in [1.29, 1.82) is 0 Å². The summed E-state index contributed by atoms with van der Waals surface area (Å²) in [6.07, 6.45) is 2.30. The molecule has 0 fully saturated rings. The topological polar surface area (TPSA) is 26.0 Å². The number of rotatable bonds is 3. The van der Waals surface area contributed by atoms with E-state index in [0.29, 0.717) is 0 Å². The standard InChI is InChI=1S/C11H16N/c1-9(2)3-4-10-5-7-11(12)8-6-10/h5-8H,3-4,12H2,1-2H3. The van der Waals surface area contributed by atoms with Gasteiger partial charge in [-0.15, -0.1) is 0 Å². The Labute approximate surface area is 74.6 Å². The zero-order valence-corrected chi connectivity index (χ0v) is 7.80. The maximum Gasteiger partial charge on any atom is 0.0314 e. The van der Waals surface area contributed by atoms with Gasteiger partial charge in [-0.1, -0.05) is 26.0 Å². The van der Waals surface area contributed by atoms with Crippen LogP contribution in [0.4, 0.5) is 5.69 Å². The predicted molar refractivity (Wildman–Crippen MR) is 53.8 cm³/mol. The average Bonchev–Trinajstić information content (AvgIpc) is 2.03. The van der Waals surface area contributed by atoms with Crippen molar-refractivity contribution in [3.8, 4) is 0 Å². The van der Waals surface area contributed by atoms with Crippen LogP contribution in [-0.2, 0) is 6.42 Å². The van der Waals surface area contributed by atoms with E-state index in [1.54, 1.807) is 0 Å². The van der Waals surface area contributed by atoms with Gasteiger partial charge in [-0.05, 0) is 36.5 Å². The molecule has 1 rings (SSSR count). The Morgan fingerprint density at radius 1 is 1.17 bits per heavy atom. The SMILES string of the molecule is C[C](C)CCc1ccc(N)cc1. The highest BCUT2D eigenvalue weighted by atomic mass is 14.5. The fourth-order valence-electron chi connectivity index (χ4n) is 1.08. The summed E-state index contributed by atoms with van der Waals surface area (Å²) < 4.78 is 0. The molecule has 1 aromatic carbocycles. The third-order valence-corrected chi connectivity index (χ3v) is 1.89. The molecule has 0 aromatic heterocycles. The first-order chi connectivity index (χ1) is 5.68. The van der Waals surface area contributed by atoms with Gasteiger partial charge in [-0.3, -0.25) is 0 Å². The Morgan fingerprint density at radius 3 is 2.25 bits per heavy atom. The van der Waals surface area contributed by atoms with Crippen LogP contribution < -0.4 is 5.73 Å². The number of hydrogen-bond acceptors (Lipinski definition) is 1. The number of anilines is 1. The number of benzene rings is 1. The molecule has 65 valence electrons. The fraction of sp³-hybridized carbons (Fsp3) is 0.364. The molecular formula is C11H16N. The Bertz CT molecular complexity index is 223. The van der Waals surface area contributed by atoms with E-state index >= 15 is 0 Å². The van der Waals surface area contributed by atoms with Gasteiger partial charge in [0, 0.05) is 5.69 Å². The lowest BCUT2D eigenvalue weighted by Crippen LogP contribution is -1.91. The molecule has 1 nitrogen and oxygen atoms in total. The third-order valence-electron chi connectivity index (χ3n) is 1.89. The van der Waals surface area contributed by atoms with Crippen molar-refractivity contribution in [2.45, 2.75) is 26.7 Å². The number of nitrogen functional groups attached to an aromatic ring is 1. The number of hydrogen-bond donors (Lipinski definition) is 1. The summed E-state index contributed by atoms with van der Waals surface area (Å²) in [5, 5.41) is 0. The van der Waals surface area contributed by atoms with Crippen LogP contribution in [0.3, 0.4) is 0 Å². The molecule has 0 atom stereocenters. The summed E-state index contributed by atoms with van der Waals surface area (Å²) >= 11 is 0. The minimum absolute atomic E-state index is 0.843. The molecule has 2 N–H and O–H groups in total. The van der Waals surface area contributed by atoms with Crippen molar-refractivity contribution in [3.05, 3.63) is 35.7 Å². The van der Waals surface area contributed by atoms with Crippen LogP contribution in [-0.4, -0.2) is 0 Å². The molecule has 0 bridgehead atoms. The van der Waals surface area contributed by atoms with Gasteiger partial charge in [-0.25, -0.2) is 0 Å². The van der Waals surface area contributed by atoms with Gasteiger partial charge in [0.1, 0.15) is 0 Å². The van der Waals surface area contributed by atoms with E-state index in [2.05, 4.69) is 26.0 Å². The van der Waals surface area contributed by atoms with E-state index in [0.717, 1.165) is 12.1 Å². The molecule has 12 heavy (non-hydrogen) atoms. The second kappa shape index (κ2) is 4.15. The molecule has 1 heteroatoms. The molecule has 0 saturated carbocycles. The molecule has 0 aliphatic carbocycles. The second-order valence-electron chi connectivity index (χ2n) is 3.45. The zero-order chi connectivity index (χ0) is 8.97. The molecule has 0 unspecified atom stereocenters. The maximum absolute atomic E-state index is 5.58. The summed E-state index contributed by atoms with van der Waals surface area (Å²) in [6.45, 7) is 4.33. The van der Waals surface area contributed by atoms with Crippen molar-refractivity contribution in [1.82, 2.24) is 0 Å². The van der Waals surface area contributed by atoms with Gasteiger partial charge in [-0.2, -0.15) is 0 Å². The van der Waals surface area contributed by atoms with Crippen molar-refractivity contribution < 1.29 is 0 Å². The lowest BCUT2D eigenvalue weighted by molar-refractivity contribution is 0.831. The van der Waals surface area contributed by atoms with E-state index in [1.165, 1.54) is 17.9 Å². The van der Waals surface area contributed by atoms with Crippen LogP contribution in [0.5, 0.6) is 0 Å². The van der Waals surface area contributed by atoms with Gasteiger partial charge in [0.15, 0.2) is 0 Å². The molecular weight excluding hydrogens is 146 g/mol. The third kappa shape index (κ3) is 2.95. The first-order valence-corrected chi connectivity index (χ1v) is 4.32.